The summed E-state index contributed by atoms with van der Waals surface area (Å²) in [6, 6.07) is 6.58. The van der Waals surface area contributed by atoms with Crippen molar-refractivity contribution in [3.63, 3.8) is 0 Å². The normalized spacial score (nSPS) is 10.4. The van der Waals surface area contributed by atoms with Gasteiger partial charge in [0.25, 0.3) is 5.88 Å². The summed E-state index contributed by atoms with van der Waals surface area (Å²) < 4.78 is 19.2. The highest BCUT2D eigenvalue weighted by Crippen LogP contribution is 2.27. The molecule has 1 heterocycles. The highest BCUT2D eigenvalue weighted by Gasteiger charge is 2.11. The maximum atomic E-state index is 13.8. The Hall–Kier alpha value is -1.32. The van der Waals surface area contributed by atoms with Crippen LogP contribution >= 0.6 is 23.2 Å². The van der Waals surface area contributed by atoms with E-state index in [1.807, 2.05) is 6.92 Å². The Balaban J connectivity index is 2.31. The minimum absolute atomic E-state index is 0.0738. The number of pyridine rings is 1. The van der Waals surface area contributed by atoms with E-state index in [2.05, 4.69) is 4.98 Å². The molecule has 0 aliphatic rings. The molecule has 0 fully saturated rings. The van der Waals surface area contributed by atoms with Gasteiger partial charge in [0, 0.05) is 16.8 Å². The molecule has 0 aliphatic carbocycles. The van der Waals surface area contributed by atoms with Gasteiger partial charge in [0.1, 0.15) is 5.75 Å². The molecule has 18 heavy (non-hydrogen) atoms. The zero-order chi connectivity index (χ0) is 13.1. The number of aromatic nitrogens is 1. The standard InChI is InChI=1S/C13H10Cl2FNO/c1-8-6-10(2-3-11(8)15)18-13-12(16)9(7-14)4-5-17-13/h2-6H,7H2,1H3. The van der Waals surface area contributed by atoms with Crippen LogP contribution in [-0.4, -0.2) is 4.98 Å². The van der Waals surface area contributed by atoms with Gasteiger partial charge >= 0.3 is 0 Å². The second-order valence-electron chi connectivity index (χ2n) is 3.74. The van der Waals surface area contributed by atoms with E-state index in [9.17, 15) is 4.39 Å². The van der Waals surface area contributed by atoms with Gasteiger partial charge in [-0.15, -0.1) is 11.6 Å². The number of hydrogen-bond acceptors (Lipinski definition) is 2. The van der Waals surface area contributed by atoms with Gasteiger partial charge in [-0.2, -0.15) is 0 Å². The summed E-state index contributed by atoms with van der Waals surface area (Å²) in [5.74, 6) is -0.0744. The maximum Gasteiger partial charge on any atom is 0.256 e. The first-order chi connectivity index (χ1) is 8.61. The molecule has 0 unspecified atom stereocenters. The van der Waals surface area contributed by atoms with Crippen LogP contribution in [0, 0.1) is 12.7 Å². The zero-order valence-electron chi connectivity index (χ0n) is 9.58. The predicted molar refractivity (Wildman–Crippen MR) is 70.0 cm³/mol. The first kappa shape index (κ1) is 13.1. The lowest BCUT2D eigenvalue weighted by Gasteiger charge is -2.08. The molecule has 5 heteroatoms. The Morgan fingerprint density at radius 3 is 2.78 bits per heavy atom. The Bertz CT molecular complexity index is 575. The molecule has 0 bridgehead atoms. The predicted octanol–water partition coefficient (Wildman–Crippen LogP) is 4.71. The van der Waals surface area contributed by atoms with Crippen LogP contribution in [0.5, 0.6) is 11.6 Å². The molecule has 0 amide bonds. The van der Waals surface area contributed by atoms with Crippen LogP contribution in [0.4, 0.5) is 4.39 Å². The average Bonchev–Trinajstić information content (AvgIpc) is 2.36. The monoisotopic (exact) mass is 285 g/mol. The van der Waals surface area contributed by atoms with Crippen molar-refractivity contribution in [3.05, 3.63) is 52.4 Å². The lowest BCUT2D eigenvalue weighted by atomic mass is 10.2. The number of nitrogens with zero attached hydrogens (tertiary/aromatic N) is 1. The van der Waals surface area contributed by atoms with E-state index in [0.717, 1.165) is 5.56 Å². The van der Waals surface area contributed by atoms with E-state index < -0.39 is 5.82 Å². The lowest BCUT2D eigenvalue weighted by molar-refractivity contribution is 0.420. The van der Waals surface area contributed by atoms with Crippen molar-refractivity contribution in [2.24, 2.45) is 0 Å². The fraction of sp³-hybridized carbons (Fsp3) is 0.154. The van der Waals surface area contributed by atoms with E-state index in [1.54, 1.807) is 18.2 Å². The number of benzene rings is 1. The molecular formula is C13H10Cl2FNO. The largest absolute Gasteiger partial charge is 0.436 e. The third-order valence-corrected chi connectivity index (χ3v) is 3.14. The van der Waals surface area contributed by atoms with Crippen molar-refractivity contribution in [2.75, 3.05) is 0 Å². The molecule has 0 saturated carbocycles. The van der Waals surface area contributed by atoms with Crippen LogP contribution in [0.3, 0.4) is 0 Å². The summed E-state index contributed by atoms with van der Waals surface area (Å²) in [6.45, 7) is 1.84. The molecule has 1 aromatic heterocycles. The average molecular weight is 286 g/mol. The molecule has 0 radical (unpaired) electrons. The van der Waals surface area contributed by atoms with Crippen LogP contribution in [0.1, 0.15) is 11.1 Å². The zero-order valence-corrected chi connectivity index (χ0v) is 11.1. The lowest BCUT2D eigenvalue weighted by Crippen LogP contribution is -1.96. The van der Waals surface area contributed by atoms with Gasteiger partial charge in [0.2, 0.25) is 0 Å². The van der Waals surface area contributed by atoms with Crippen LogP contribution in [-0.2, 0) is 5.88 Å². The van der Waals surface area contributed by atoms with Crippen molar-refractivity contribution in [1.29, 1.82) is 0 Å². The number of hydrogen-bond donors (Lipinski definition) is 0. The van der Waals surface area contributed by atoms with Crippen LogP contribution in [0.15, 0.2) is 30.5 Å². The maximum absolute atomic E-state index is 13.8. The van der Waals surface area contributed by atoms with Gasteiger partial charge < -0.3 is 4.74 Å². The second-order valence-corrected chi connectivity index (χ2v) is 4.41. The first-order valence-electron chi connectivity index (χ1n) is 5.25. The summed E-state index contributed by atoms with van der Waals surface area (Å²) in [5, 5.41) is 0.630. The molecule has 0 N–H and O–H groups in total. The first-order valence-corrected chi connectivity index (χ1v) is 6.16. The summed E-state index contributed by atoms with van der Waals surface area (Å²) in [4.78, 5) is 3.85. The fourth-order valence-electron chi connectivity index (χ4n) is 1.43. The van der Waals surface area contributed by atoms with Gasteiger partial charge in [0.05, 0.1) is 5.88 Å². The Morgan fingerprint density at radius 2 is 2.11 bits per heavy atom. The highest BCUT2D eigenvalue weighted by atomic mass is 35.5. The third kappa shape index (κ3) is 2.74. The molecule has 94 valence electrons. The molecule has 0 atom stereocenters. The number of ether oxygens (including phenoxy) is 1. The molecule has 2 rings (SSSR count). The van der Waals surface area contributed by atoms with Crippen molar-refractivity contribution < 1.29 is 9.13 Å². The van der Waals surface area contributed by atoms with Crippen molar-refractivity contribution >= 4 is 23.2 Å². The molecule has 2 aromatic rings. The van der Waals surface area contributed by atoms with Crippen molar-refractivity contribution in [1.82, 2.24) is 4.98 Å². The van der Waals surface area contributed by atoms with E-state index in [4.69, 9.17) is 27.9 Å². The number of aryl methyl sites for hydroxylation is 1. The van der Waals surface area contributed by atoms with Crippen LogP contribution < -0.4 is 4.74 Å². The summed E-state index contributed by atoms with van der Waals surface area (Å²) in [5.41, 5.74) is 1.20. The Labute approximate surface area is 114 Å². The van der Waals surface area contributed by atoms with Crippen LogP contribution in [0.2, 0.25) is 5.02 Å². The van der Waals surface area contributed by atoms with E-state index >= 15 is 0 Å². The van der Waals surface area contributed by atoms with Crippen molar-refractivity contribution in [3.8, 4) is 11.6 Å². The minimum atomic E-state index is -0.542. The molecule has 1 aromatic carbocycles. The van der Waals surface area contributed by atoms with Gasteiger partial charge in [0.15, 0.2) is 5.82 Å². The minimum Gasteiger partial charge on any atom is -0.436 e. The summed E-state index contributed by atoms with van der Waals surface area (Å²) in [6.07, 6.45) is 1.46. The third-order valence-electron chi connectivity index (χ3n) is 2.43. The molecule has 0 spiro atoms. The summed E-state index contributed by atoms with van der Waals surface area (Å²) in [7, 11) is 0. The molecular weight excluding hydrogens is 276 g/mol. The Kier molecular flexibility index (Phi) is 4.04. The quantitative estimate of drug-likeness (QED) is 0.762. The van der Waals surface area contributed by atoms with E-state index in [0.29, 0.717) is 16.3 Å². The van der Waals surface area contributed by atoms with E-state index in [1.165, 1.54) is 12.3 Å². The SMILES string of the molecule is Cc1cc(Oc2nccc(CCl)c2F)ccc1Cl. The van der Waals surface area contributed by atoms with Gasteiger partial charge in [-0.1, -0.05) is 11.6 Å². The van der Waals surface area contributed by atoms with Crippen molar-refractivity contribution in [2.45, 2.75) is 12.8 Å². The van der Waals surface area contributed by atoms with Gasteiger partial charge in [-0.05, 0) is 36.8 Å². The highest BCUT2D eigenvalue weighted by molar-refractivity contribution is 6.31. The molecule has 0 saturated heterocycles. The topological polar surface area (TPSA) is 22.1 Å². The molecule has 2 nitrogen and oxygen atoms in total. The molecule has 0 aliphatic heterocycles. The fourth-order valence-corrected chi connectivity index (χ4v) is 1.75. The van der Waals surface area contributed by atoms with Gasteiger partial charge in [-0.3, -0.25) is 0 Å². The van der Waals surface area contributed by atoms with E-state index in [-0.39, 0.29) is 11.8 Å². The number of halogens is 3. The smallest absolute Gasteiger partial charge is 0.256 e. The number of alkyl halides is 1. The second kappa shape index (κ2) is 5.55. The summed E-state index contributed by atoms with van der Waals surface area (Å²) >= 11 is 11.5. The Morgan fingerprint density at radius 1 is 1.33 bits per heavy atom. The van der Waals surface area contributed by atoms with Gasteiger partial charge in [-0.25, -0.2) is 9.37 Å². The number of rotatable bonds is 3. The van der Waals surface area contributed by atoms with Crippen LogP contribution in [0.25, 0.3) is 0 Å².